The van der Waals surface area contributed by atoms with Crippen molar-refractivity contribution in [1.82, 2.24) is 4.90 Å². The number of aliphatic imine (C=N–C) groups is 1. The minimum absolute atomic E-state index is 0.00427. The molecule has 4 atom stereocenters. The number of amides is 2. The summed E-state index contributed by atoms with van der Waals surface area (Å²) in [4.78, 5) is 41.3. The average molecular weight is 521 g/mol. The number of thioether (sulfide) groups is 2. The van der Waals surface area contributed by atoms with Gasteiger partial charge in [-0.2, -0.15) is 4.99 Å². The van der Waals surface area contributed by atoms with Gasteiger partial charge < -0.3 is 31.3 Å². The van der Waals surface area contributed by atoms with Gasteiger partial charge in [0, 0.05) is 27.2 Å². The van der Waals surface area contributed by atoms with Crippen LogP contribution in [0.2, 0.25) is 0 Å². The largest absolute Gasteiger partial charge is 0.477 e. The van der Waals surface area contributed by atoms with Crippen molar-refractivity contribution >= 4 is 53.0 Å². The van der Waals surface area contributed by atoms with Crippen molar-refractivity contribution in [3.8, 4) is 0 Å². The number of hydrogen-bond donors (Lipinski definition) is 4. The number of nitrogens with zero attached hydrogens (tertiary/aromatic N) is 2. The standard InChI is InChI=1S/C23H28N4O6S2/c1-4-33-23(32)26-20(25)14-7-5-13(6-8-14)15(24)9-34-10-35-19-11(2)17-16(12(3)28)21(29)27(17)18(19)22(30)31/h5-9,11-12,16-17,28H,4,10,24H2,1-3H3,(H,30,31)(H2,25,26,32)/b15-9-/t11-,12-,16-,17?/m1/s1. The summed E-state index contributed by atoms with van der Waals surface area (Å²) >= 11 is 2.76. The van der Waals surface area contributed by atoms with Crippen LogP contribution in [0.15, 0.2) is 45.3 Å². The molecule has 10 nitrogen and oxygen atoms in total. The van der Waals surface area contributed by atoms with Crippen LogP contribution in [0.3, 0.4) is 0 Å². The van der Waals surface area contributed by atoms with E-state index in [1.54, 1.807) is 43.5 Å². The molecule has 0 aromatic heterocycles. The third-order valence-electron chi connectivity index (χ3n) is 5.80. The number of ether oxygens (including phenoxy) is 1. The molecule has 0 aliphatic carbocycles. The summed E-state index contributed by atoms with van der Waals surface area (Å²) in [6.07, 6.45) is -1.59. The maximum absolute atomic E-state index is 12.4. The lowest BCUT2D eigenvalue weighted by Gasteiger charge is -2.46. The Bertz CT molecular complexity index is 1100. The molecule has 188 valence electrons. The van der Waals surface area contributed by atoms with Gasteiger partial charge in [0.05, 0.1) is 24.7 Å². The molecule has 1 saturated heterocycles. The number of amidine groups is 1. The zero-order valence-corrected chi connectivity index (χ0v) is 21.1. The smallest absolute Gasteiger partial charge is 0.435 e. The fraction of sp³-hybridized carbons (Fsp3) is 0.391. The van der Waals surface area contributed by atoms with E-state index < -0.39 is 24.1 Å². The first kappa shape index (κ1) is 26.6. The molecule has 12 heteroatoms. The molecule has 0 bridgehead atoms. The van der Waals surface area contributed by atoms with Crippen molar-refractivity contribution in [2.45, 2.75) is 32.9 Å². The second kappa shape index (κ2) is 11.2. The van der Waals surface area contributed by atoms with Gasteiger partial charge in [0.2, 0.25) is 5.91 Å². The van der Waals surface area contributed by atoms with Gasteiger partial charge in [-0.25, -0.2) is 9.59 Å². The Balaban J connectivity index is 1.62. The normalized spacial score (nSPS) is 23.1. The van der Waals surface area contributed by atoms with E-state index in [1.165, 1.54) is 28.4 Å². The predicted octanol–water partition coefficient (Wildman–Crippen LogP) is 2.38. The van der Waals surface area contributed by atoms with Crippen LogP contribution in [0.5, 0.6) is 0 Å². The molecule has 1 aromatic carbocycles. The highest BCUT2D eigenvalue weighted by molar-refractivity contribution is 8.19. The Hall–Kier alpha value is -2.96. The van der Waals surface area contributed by atoms with E-state index in [4.69, 9.17) is 16.2 Å². The lowest BCUT2D eigenvalue weighted by molar-refractivity contribution is -0.163. The van der Waals surface area contributed by atoms with Crippen molar-refractivity contribution in [3.63, 3.8) is 0 Å². The lowest BCUT2D eigenvalue weighted by Crippen LogP contribution is -2.63. The number of benzene rings is 1. The van der Waals surface area contributed by atoms with Crippen LogP contribution in [-0.4, -0.2) is 62.8 Å². The first-order valence-corrected chi connectivity index (χ1v) is 12.9. The van der Waals surface area contributed by atoms with E-state index in [1.807, 2.05) is 6.92 Å². The van der Waals surface area contributed by atoms with Gasteiger partial charge in [-0.1, -0.05) is 31.2 Å². The predicted molar refractivity (Wildman–Crippen MR) is 136 cm³/mol. The van der Waals surface area contributed by atoms with Gasteiger partial charge in [-0.3, -0.25) is 4.79 Å². The zero-order chi connectivity index (χ0) is 25.9. The number of fused-ring (bicyclic) bond motifs is 1. The van der Waals surface area contributed by atoms with Crippen molar-refractivity contribution in [2.75, 3.05) is 11.7 Å². The summed E-state index contributed by atoms with van der Waals surface area (Å²) in [6.45, 7) is 5.32. The number of carboxylic acids is 1. The minimum atomic E-state index is -1.15. The fourth-order valence-electron chi connectivity index (χ4n) is 4.16. The number of aliphatic carboxylic acids is 1. The van der Waals surface area contributed by atoms with Crippen molar-refractivity contribution in [1.29, 1.82) is 0 Å². The van der Waals surface area contributed by atoms with E-state index >= 15 is 0 Å². The summed E-state index contributed by atoms with van der Waals surface area (Å²) in [6, 6.07) is 6.55. The van der Waals surface area contributed by atoms with Crippen LogP contribution < -0.4 is 11.5 Å². The van der Waals surface area contributed by atoms with Crippen molar-refractivity contribution in [2.24, 2.45) is 28.3 Å². The SMILES string of the molecule is CCOC(=O)/N=C(\N)c1ccc(/C(N)=C/SCSC2=C(C(=O)O)N3C(=O)[C@H]([C@@H](C)O)C3[C@H]2C)cc1. The van der Waals surface area contributed by atoms with Crippen LogP contribution in [0.4, 0.5) is 4.79 Å². The van der Waals surface area contributed by atoms with Crippen molar-refractivity contribution < 1.29 is 29.3 Å². The van der Waals surface area contributed by atoms with Gasteiger partial charge in [-0.15, -0.1) is 23.5 Å². The maximum Gasteiger partial charge on any atom is 0.435 e. The molecule has 2 heterocycles. The topological polar surface area (TPSA) is 169 Å². The Morgan fingerprint density at radius 1 is 1.26 bits per heavy atom. The summed E-state index contributed by atoms with van der Waals surface area (Å²) in [5, 5.41) is 21.9. The molecule has 2 amide bonds. The number of nitrogens with two attached hydrogens (primary N) is 2. The second-order valence-corrected chi connectivity index (χ2v) is 10.3. The number of carbonyl (C=O) groups is 3. The molecule has 2 aliphatic rings. The number of β-lactam (4-membered cyclic amide) rings is 1. The molecule has 1 fully saturated rings. The van der Waals surface area contributed by atoms with Crippen LogP contribution >= 0.6 is 23.5 Å². The van der Waals surface area contributed by atoms with Gasteiger partial charge in [0.15, 0.2) is 0 Å². The number of carboxylic acid groups (broad SMARTS) is 1. The van der Waals surface area contributed by atoms with Crippen LogP contribution in [-0.2, 0) is 14.3 Å². The molecular formula is C23H28N4O6S2. The van der Waals surface area contributed by atoms with Crippen LogP contribution in [0.25, 0.3) is 5.70 Å². The van der Waals surface area contributed by atoms with E-state index in [0.29, 0.717) is 21.3 Å². The number of rotatable bonds is 9. The lowest BCUT2D eigenvalue weighted by atomic mass is 9.79. The highest BCUT2D eigenvalue weighted by Gasteiger charge is 2.59. The number of hydrogen-bond acceptors (Lipinski definition) is 8. The third-order valence-corrected chi connectivity index (χ3v) is 8.11. The van der Waals surface area contributed by atoms with Gasteiger partial charge in [-0.05, 0) is 24.8 Å². The molecule has 0 spiro atoms. The van der Waals surface area contributed by atoms with Crippen molar-refractivity contribution in [3.05, 3.63) is 51.4 Å². The van der Waals surface area contributed by atoms with Gasteiger partial charge >= 0.3 is 12.1 Å². The Morgan fingerprint density at radius 2 is 1.89 bits per heavy atom. The van der Waals surface area contributed by atoms with E-state index in [-0.39, 0.29) is 36.0 Å². The van der Waals surface area contributed by atoms with E-state index in [0.717, 1.165) is 5.56 Å². The first-order chi connectivity index (χ1) is 16.6. The molecule has 3 rings (SSSR count). The molecule has 0 radical (unpaired) electrons. The Morgan fingerprint density at radius 3 is 2.46 bits per heavy atom. The molecular weight excluding hydrogens is 492 g/mol. The second-order valence-electron chi connectivity index (χ2n) is 8.05. The Kier molecular flexibility index (Phi) is 8.51. The monoisotopic (exact) mass is 520 g/mol. The number of aliphatic hydroxyl groups excluding tert-OH is 1. The fourth-order valence-corrected chi connectivity index (χ4v) is 6.25. The summed E-state index contributed by atoms with van der Waals surface area (Å²) < 4.78 is 4.74. The summed E-state index contributed by atoms with van der Waals surface area (Å²) in [7, 11) is 0. The quantitative estimate of drug-likeness (QED) is 0.125. The molecule has 6 N–H and O–H groups in total. The molecule has 2 aliphatic heterocycles. The number of aliphatic hydroxyl groups is 1. The van der Waals surface area contributed by atoms with E-state index in [2.05, 4.69) is 4.99 Å². The molecule has 0 saturated carbocycles. The highest BCUT2D eigenvalue weighted by atomic mass is 32.2. The average Bonchev–Trinajstić information content (AvgIpc) is 3.04. The maximum atomic E-state index is 12.4. The molecule has 35 heavy (non-hydrogen) atoms. The molecule has 1 unspecified atom stereocenters. The minimum Gasteiger partial charge on any atom is -0.477 e. The number of carbonyl (C=O) groups excluding carboxylic acids is 2. The first-order valence-electron chi connectivity index (χ1n) is 10.9. The Labute approximate surface area is 211 Å². The van der Waals surface area contributed by atoms with Crippen LogP contribution in [0.1, 0.15) is 31.9 Å². The van der Waals surface area contributed by atoms with E-state index in [9.17, 15) is 24.6 Å². The highest BCUT2D eigenvalue weighted by Crippen LogP contribution is 2.50. The van der Waals surface area contributed by atoms with Crippen LogP contribution in [0, 0.1) is 11.8 Å². The third kappa shape index (κ3) is 5.49. The molecule has 1 aromatic rings. The zero-order valence-electron chi connectivity index (χ0n) is 19.5. The van der Waals surface area contributed by atoms with Gasteiger partial charge in [0.25, 0.3) is 0 Å². The summed E-state index contributed by atoms with van der Waals surface area (Å²) in [5.74, 6) is -2.22. The summed E-state index contributed by atoms with van der Waals surface area (Å²) in [5.41, 5.74) is 13.8. The van der Waals surface area contributed by atoms with Gasteiger partial charge in [0.1, 0.15) is 11.5 Å².